The highest BCUT2D eigenvalue weighted by atomic mass is 15.4. The van der Waals surface area contributed by atoms with Crippen molar-refractivity contribution in [3.05, 3.63) is 360 Å². The largest absolute Gasteiger partial charge is 0.329 e. The number of para-hydroxylation sites is 2. The van der Waals surface area contributed by atoms with Gasteiger partial charge in [-0.2, -0.15) is 0 Å². The molecular formula is C90H78N4. The van der Waals surface area contributed by atoms with E-state index in [2.05, 4.69) is 329 Å². The van der Waals surface area contributed by atoms with Crippen LogP contribution in [0.3, 0.4) is 0 Å². The lowest BCUT2D eigenvalue weighted by Gasteiger charge is -2.52. The zero-order valence-corrected chi connectivity index (χ0v) is 53.4. The Morgan fingerprint density at radius 2 is 1.01 bits per heavy atom. The van der Waals surface area contributed by atoms with Gasteiger partial charge in [-0.25, -0.2) is 0 Å². The number of fused-ring (bicyclic) bond motifs is 4. The third-order valence-electron chi connectivity index (χ3n) is 21.0. The van der Waals surface area contributed by atoms with E-state index in [1.807, 2.05) is 0 Å². The second kappa shape index (κ2) is 25.2. The van der Waals surface area contributed by atoms with Crippen molar-refractivity contribution in [3.63, 3.8) is 0 Å². The molecule has 4 heteroatoms. The minimum absolute atomic E-state index is 0.0397. The Morgan fingerprint density at radius 1 is 0.372 bits per heavy atom. The standard InChI is InChI=1S/C90H78N4/c1-9-29-63(30-10-1)69-41-25-43-73(57-69)80-51-28-52-81(74-44-26-42-70(58-74)64-31-11-2-12-32-64)89(80)93-83-56-54-72(66-35-15-4-16-36-66)60-85(83)94-84-59-71(65-33-13-3-14-34-65)53-55-82(84)92(88-78(67-37-17-5-18-38-67)49-27-50-79(88)68-39-19-6-20-40-68)86-61-77(62-87(93)90(86)94)91(75-45-21-7-22-46-75)76-47-23-8-24-48-76/h1-5,7-11,13-17,19,21-27,29,31,33-37,39-50,52-56,59-63,69,74,79,88H,6,12,18,20,28,30,32,38,51,57-58H2. The predicted octanol–water partition coefficient (Wildman–Crippen LogP) is 24.3. The van der Waals surface area contributed by atoms with Gasteiger partial charge in [0.05, 0.1) is 57.2 Å². The summed E-state index contributed by atoms with van der Waals surface area (Å²) in [5.74, 6) is 0.996. The van der Waals surface area contributed by atoms with Gasteiger partial charge in [-0.15, -0.1) is 0 Å². The smallest absolute Gasteiger partial charge is 0.0946 e. The lowest BCUT2D eigenvalue weighted by molar-refractivity contribution is 0.468. The van der Waals surface area contributed by atoms with Crippen molar-refractivity contribution in [2.75, 3.05) is 19.6 Å². The maximum Gasteiger partial charge on any atom is 0.0946 e. The fourth-order valence-corrected chi connectivity index (χ4v) is 16.6. The molecule has 8 aliphatic carbocycles. The fourth-order valence-electron chi connectivity index (χ4n) is 16.6. The van der Waals surface area contributed by atoms with Crippen molar-refractivity contribution in [2.45, 2.75) is 76.7 Å². The number of allylic oxidation sites excluding steroid dienone is 27. The van der Waals surface area contributed by atoms with Crippen LogP contribution in [0, 0.1) is 23.7 Å². The van der Waals surface area contributed by atoms with E-state index >= 15 is 0 Å². The minimum Gasteiger partial charge on any atom is -0.329 e. The van der Waals surface area contributed by atoms with Gasteiger partial charge in [0.25, 0.3) is 0 Å². The summed E-state index contributed by atoms with van der Waals surface area (Å²) in [4.78, 5) is 10.9. The van der Waals surface area contributed by atoms with Gasteiger partial charge in [0.2, 0.25) is 0 Å². The molecule has 0 saturated carbocycles. The Hall–Kier alpha value is -10.4. The summed E-state index contributed by atoms with van der Waals surface area (Å²) in [5.41, 5.74) is 29.0. The highest BCUT2D eigenvalue weighted by Crippen LogP contribution is 2.66. The van der Waals surface area contributed by atoms with Crippen LogP contribution in [0.25, 0.3) is 22.3 Å². The molecule has 7 aromatic rings. The van der Waals surface area contributed by atoms with Crippen molar-refractivity contribution < 1.29 is 0 Å². The number of rotatable bonds is 13. The molecule has 5 unspecified atom stereocenters. The van der Waals surface area contributed by atoms with Gasteiger partial charge in [-0.3, -0.25) is 0 Å². The summed E-state index contributed by atoms with van der Waals surface area (Å²) >= 11 is 0. The molecule has 0 aromatic heterocycles. The van der Waals surface area contributed by atoms with E-state index in [1.54, 1.807) is 0 Å². The zero-order chi connectivity index (χ0) is 62.3. The molecule has 10 aliphatic rings. The summed E-state index contributed by atoms with van der Waals surface area (Å²) in [7, 11) is 0. The van der Waals surface area contributed by atoms with E-state index in [9.17, 15) is 0 Å². The Labute approximate surface area is 555 Å². The number of anilines is 10. The van der Waals surface area contributed by atoms with Gasteiger partial charge in [-0.1, -0.05) is 249 Å². The number of nitrogens with zero attached hydrogens (tertiary/aromatic N) is 4. The van der Waals surface area contributed by atoms with Crippen LogP contribution in [-0.4, -0.2) is 6.04 Å². The molecule has 17 rings (SSSR count). The molecule has 2 heterocycles. The van der Waals surface area contributed by atoms with Gasteiger partial charge >= 0.3 is 0 Å². The first-order valence-electron chi connectivity index (χ1n) is 34.5. The molecule has 0 N–H and O–H groups in total. The van der Waals surface area contributed by atoms with Crippen LogP contribution in [-0.2, 0) is 0 Å². The maximum absolute atomic E-state index is 2.83. The molecule has 2 aliphatic heterocycles. The fraction of sp³-hybridized carbons (Fsp3) is 0.178. The van der Waals surface area contributed by atoms with Gasteiger partial charge in [-0.05, 0) is 210 Å². The second-order valence-electron chi connectivity index (χ2n) is 26.6. The highest BCUT2D eigenvalue weighted by Gasteiger charge is 2.47. The molecule has 0 bridgehead atoms. The SMILES string of the molecule is C1=CCCC(C2=CC=CC(C3=CCCC(C4=CC=CC(C5C=CC=CC5)C4)=C3N3c4ccc(-c5ccccc5)cc4N4c5cc(-c6ccccc6)ccc5N(C5C(C6=CC=CCC6)=CC=CC5C5=CCCC=C5)c5cc(N(c6ccccc6)c6ccccc6)cc3c54)C2)=C1. The van der Waals surface area contributed by atoms with Crippen molar-refractivity contribution >= 4 is 56.9 Å². The van der Waals surface area contributed by atoms with Crippen LogP contribution >= 0.6 is 0 Å². The Kier molecular flexibility index (Phi) is 15.4. The zero-order valence-electron chi connectivity index (χ0n) is 53.4. The van der Waals surface area contributed by atoms with E-state index in [1.165, 1.54) is 101 Å². The first-order chi connectivity index (χ1) is 46.7. The monoisotopic (exact) mass is 1210 g/mol. The average molecular weight is 1220 g/mol. The molecule has 5 atom stereocenters. The molecule has 4 nitrogen and oxygen atoms in total. The van der Waals surface area contributed by atoms with Gasteiger partial charge in [0, 0.05) is 23.2 Å². The molecule has 0 spiro atoms. The van der Waals surface area contributed by atoms with E-state index in [4.69, 9.17) is 0 Å². The summed E-state index contributed by atoms with van der Waals surface area (Å²) in [6.07, 6.45) is 66.5. The molecule has 458 valence electrons. The third-order valence-corrected chi connectivity index (χ3v) is 21.0. The molecule has 94 heavy (non-hydrogen) atoms. The molecule has 0 amide bonds. The van der Waals surface area contributed by atoms with E-state index in [0.29, 0.717) is 11.8 Å². The van der Waals surface area contributed by atoms with Gasteiger partial charge in [0.15, 0.2) is 0 Å². The lowest BCUT2D eigenvalue weighted by Crippen LogP contribution is -2.44. The van der Waals surface area contributed by atoms with Crippen molar-refractivity contribution in [1.29, 1.82) is 0 Å². The van der Waals surface area contributed by atoms with Crippen LogP contribution in [0.2, 0.25) is 0 Å². The lowest BCUT2D eigenvalue weighted by atomic mass is 9.74. The van der Waals surface area contributed by atoms with Crippen LogP contribution in [0.4, 0.5) is 56.9 Å². The maximum atomic E-state index is 2.83. The van der Waals surface area contributed by atoms with Crippen LogP contribution in [0.15, 0.2) is 360 Å². The molecular weight excluding hydrogens is 1140 g/mol. The van der Waals surface area contributed by atoms with Crippen molar-refractivity contribution in [3.8, 4) is 22.3 Å². The number of hydrogen-bond acceptors (Lipinski definition) is 4. The third kappa shape index (κ3) is 10.6. The first kappa shape index (κ1) is 57.5. The van der Waals surface area contributed by atoms with E-state index < -0.39 is 0 Å². The van der Waals surface area contributed by atoms with Gasteiger partial charge < -0.3 is 19.6 Å². The number of hydrogen-bond donors (Lipinski definition) is 0. The predicted molar refractivity (Wildman–Crippen MR) is 396 cm³/mol. The molecule has 0 saturated heterocycles. The minimum atomic E-state index is -0.117. The first-order valence-corrected chi connectivity index (χ1v) is 34.5. The molecule has 0 radical (unpaired) electrons. The van der Waals surface area contributed by atoms with E-state index in [-0.39, 0.29) is 17.9 Å². The Balaban J connectivity index is 0.995. The molecule has 7 aromatic carbocycles. The highest BCUT2D eigenvalue weighted by molar-refractivity contribution is 6.13. The van der Waals surface area contributed by atoms with Crippen molar-refractivity contribution in [2.24, 2.45) is 23.7 Å². The molecule has 0 fully saturated rings. The van der Waals surface area contributed by atoms with Crippen LogP contribution in [0.1, 0.15) is 70.6 Å². The van der Waals surface area contributed by atoms with E-state index in [0.717, 1.165) is 99.1 Å². The number of benzene rings is 7. The summed E-state index contributed by atoms with van der Waals surface area (Å²) in [5, 5.41) is 0. The van der Waals surface area contributed by atoms with Crippen LogP contribution in [0.5, 0.6) is 0 Å². The van der Waals surface area contributed by atoms with Gasteiger partial charge in [0.1, 0.15) is 0 Å². The summed E-state index contributed by atoms with van der Waals surface area (Å²) in [6, 6.07) is 64.1. The topological polar surface area (TPSA) is 13.0 Å². The van der Waals surface area contributed by atoms with Crippen LogP contribution < -0.4 is 19.6 Å². The summed E-state index contributed by atoms with van der Waals surface area (Å²) < 4.78 is 0. The average Bonchev–Trinajstić information content (AvgIpc) is 0.691. The Bertz CT molecular complexity index is 4620. The van der Waals surface area contributed by atoms with Crippen molar-refractivity contribution in [1.82, 2.24) is 0 Å². The summed E-state index contributed by atoms with van der Waals surface area (Å²) in [6.45, 7) is 0. The Morgan fingerprint density at radius 3 is 1.69 bits per heavy atom. The quantitative estimate of drug-likeness (QED) is 0.114. The second-order valence-corrected chi connectivity index (χ2v) is 26.6. The normalized spacial score (nSPS) is 22.3.